The molecule has 3 aromatic rings. The number of carbonyl (C=O) groups is 1. The van der Waals surface area contributed by atoms with Gasteiger partial charge in [-0.2, -0.15) is 0 Å². The van der Waals surface area contributed by atoms with Crippen LogP contribution in [0.25, 0.3) is 10.9 Å². The fraction of sp³-hybridized carbons (Fsp3) is 0.0625. The number of para-hydroxylation sites is 1. The highest BCUT2D eigenvalue weighted by molar-refractivity contribution is 9.10. The lowest BCUT2D eigenvalue weighted by molar-refractivity contribution is 0.104. The number of aryl methyl sites for hydroxylation is 1. The van der Waals surface area contributed by atoms with Crippen molar-refractivity contribution in [1.29, 1.82) is 0 Å². The molecule has 0 aliphatic rings. The van der Waals surface area contributed by atoms with Crippen LogP contribution in [0.4, 0.5) is 0 Å². The van der Waals surface area contributed by atoms with Gasteiger partial charge in [-0.05, 0) is 18.2 Å². The third-order valence-corrected chi connectivity index (χ3v) is 3.72. The Morgan fingerprint density at radius 1 is 1.11 bits per heavy atom. The molecular formula is C16H12BrNO. The second kappa shape index (κ2) is 4.67. The minimum atomic E-state index is 0.0538. The zero-order valence-electron chi connectivity index (χ0n) is 10.4. The van der Waals surface area contributed by atoms with Crippen molar-refractivity contribution in [3.05, 3.63) is 70.3 Å². The molecule has 3 rings (SSSR count). The topological polar surface area (TPSA) is 22.0 Å². The molecule has 0 bridgehead atoms. The van der Waals surface area contributed by atoms with Gasteiger partial charge in [0.05, 0.1) is 0 Å². The lowest BCUT2D eigenvalue weighted by Crippen LogP contribution is -2.00. The van der Waals surface area contributed by atoms with Gasteiger partial charge in [0.25, 0.3) is 0 Å². The number of hydrogen-bond acceptors (Lipinski definition) is 1. The smallest absolute Gasteiger partial charge is 0.195 e. The molecule has 1 aromatic heterocycles. The number of carbonyl (C=O) groups excluding carboxylic acids is 1. The van der Waals surface area contributed by atoms with Gasteiger partial charge in [0, 0.05) is 39.7 Å². The Bertz CT molecular complexity index is 773. The number of benzene rings is 2. The van der Waals surface area contributed by atoms with Crippen LogP contribution < -0.4 is 0 Å². The standard InChI is InChI=1S/C16H12BrNO/c1-18-10-14(13-7-2-3-8-15(13)18)16(19)11-5-4-6-12(17)9-11/h2-10H,1H3. The van der Waals surface area contributed by atoms with E-state index in [0.29, 0.717) is 5.56 Å². The highest BCUT2D eigenvalue weighted by Gasteiger charge is 2.15. The number of aromatic nitrogens is 1. The summed E-state index contributed by atoms with van der Waals surface area (Å²) in [5.41, 5.74) is 2.52. The first-order chi connectivity index (χ1) is 9.16. The van der Waals surface area contributed by atoms with Crippen molar-refractivity contribution >= 4 is 32.6 Å². The van der Waals surface area contributed by atoms with Crippen LogP contribution in [0.2, 0.25) is 0 Å². The van der Waals surface area contributed by atoms with Crippen LogP contribution >= 0.6 is 15.9 Å². The molecule has 0 saturated heterocycles. The lowest BCUT2D eigenvalue weighted by Gasteiger charge is -2.00. The van der Waals surface area contributed by atoms with Crippen molar-refractivity contribution in [3.8, 4) is 0 Å². The van der Waals surface area contributed by atoms with Crippen LogP contribution in [0.3, 0.4) is 0 Å². The second-order valence-electron chi connectivity index (χ2n) is 4.51. The van der Waals surface area contributed by atoms with E-state index in [0.717, 1.165) is 20.9 Å². The molecule has 0 atom stereocenters. The summed E-state index contributed by atoms with van der Waals surface area (Å²) in [6.45, 7) is 0. The molecule has 0 spiro atoms. The number of rotatable bonds is 2. The quantitative estimate of drug-likeness (QED) is 0.651. The van der Waals surface area contributed by atoms with Gasteiger partial charge in [0.2, 0.25) is 0 Å². The van der Waals surface area contributed by atoms with Crippen LogP contribution in [-0.2, 0) is 7.05 Å². The molecule has 1 heterocycles. The monoisotopic (exact) mass is 313 g/mol. The summed E-state index contributed by atoms with van der Waals surface area (Å²) < 4.78 is 2.90. The van der Waals surface area contributed by atoms with Crippen molar-refractivity contribution in [2.75, 3.05) is 0 Å². The van der Waals surface area contributed by atoms with Gasteiger partial charge in [-0.25, -0.2) is 0 Å². The molecule has 0 N–H and O–H groups in total. The molecule has 0 fully saturated rings. The molecule has 3 heteroatoms. The van der Waals surface area contributed by atoms with Crippen molar-refractivity contribution in [2.24, 2.45) is 7.05 Å². The van der Waals surface area contributed by atoms with E-state index < -0.39 is 0 Å². The van der Waals surface area contributed by atoms with Gasteiger partial charge in [-0.1, -0.05) is 46.3 Å². The van der Waals surface area contributed by atoms with Crippen molar-refractivity contribution in [2.45, 2.75) is 0 Å². The first kappa shape index (κ1) is 12.2. The summed E-state index contributed by atoms with van der Waals surface area (Å²) in [4.78, 5) is 12.6. The average Bonchev–Trinajstić information content (AvgIpc) is 2.76. The molecule has 0 saturated carbocycles. The predicted octanol–water partition coefficient (Wildman–Crippen LogP) is 4.17. The minimum absolute atomic E-state index is 0.0538. The lowest BCUT2D eigenvalue weighted by atomic mass is 10.0. The molecular weight excluding hydrogens is 302 g/mol. The average molecular weight is 314 g/mol. The Kier molecular flexibility index (Phi) is 2.99. The van der Waals surface area contributed by atoms with Gasteiger partial charge in [0.15, 0.2) is 5.78 Å². The largest absolute Gasteiger partial charge is 0.350 e. The summed E-state index contributed by atoms with van der Waals surface area (Å²) in [6, 6.07) is 15.4. The zero-order chi connectivity index (χ0) is 13.4. The van der Waals surface area contributed by atoms with E-state index in [1.54, 1.807) is 0 Å². The third kappa shape index (κ3) is 2.10. The van der Waals surface area contributed by atoms with E-state index in [-0.39, 0.29) is 5.78 Å². The van der Waals surface area contributed by atoms with Crippen LogP contribution in [0.15, 0.2) is 59.2 Å². The van der Waals surface area contributed by atoms with Gasteiger partial charge in [0.1, 0.15) is 0 Å². The van der Waals surface area contributed by atoms with Crippen LogP contribution in [0.5, 0.6) is 0 Å². The number of halogens is 1. The molecule has 0 aliphatic heterocycles. The molecule has 2 nitrogen and oxygen atoms in total. The highest BCUT2D eigenvalue weighted by Crippen LogP contribution is 2.24. The molecule has 19 heavy (non-hydrogen) atoms. The van der Waals surface area contributed by atoms with Crippen LogP contribution in [0.1, 0.15) is 15.9 Å². The highest BCUT2D eigenvalue weighted by atomic mass is 79.9. The van der Waals surface area contributed by atoms with Crippen molar-refractivity contribution in [3.63, 3.8) is 0 Å². The maximum absolute atomic E-state index is 12.6. The SMILES string of the molecule is Cn1cc(C(=O)c2cccc(Br)c2)c2ccccc21. The Labute approximate surface area is 119 Å². The summed E-state index contributed by atoms with van der Waals surface area (Å²) in [7, 11) is 1.96. The van der Waals surface area contributed by atoms with E-state index in [2.05, 4.69) is 15.9 Å². The van der Waals surface area contributed by atoms with Gasteiger partial charge in [-0.15, -0.1) is 0 Å². The Balaban J connectivity index is 2.17. The number of fused-ring (bicyclic) bond motifs is 1. The summed E-state index contributed by atoms with van der Waals surface area (Å²) >= 11 is 3.40. The molecule has 0 unspecified atom stereocenters. The number of hydrogen-bond donors (Lipinski definition) is 0. The first-order valence-corrected chi connectivity index (χ1v) is 6.80. The fourth-order valence-electron chi connectivity index (χ4n) is 2.31. The summed E-state index contributed by atoms with van der Waals surface area (Å²) in [6.07, 6.45) is 1.90. The predicted molar refractivity (Wildman–Crippen MR) is 80.5 cm³/mol. The van der Waals surface area contributed by atoms with Crippen LogP contribution in [0, 0.1) is 0 Å². The molecule has 2 aromatic carbocycles. The van der Waals surface area contributed by atoms with E-state index in [9.17, 15) is 4.79 Å². The normalized spacial score (nSPS) is 10.8. The summed E-state index contributed by atoms with van der Waals surface area (Å²) in [5.74, 6) is 0.0538. The maximum atomic E-state index is 12.6. The van der Waals surface area contributed by atoms with Gasteiger partial charge >= 0.3 is 0 Å². The molecule has 0 amide bonds. The van der Waals surface area contributed by atoms with E-state index in [4.69, 9.17) is 0 Å². The van der Waals surface area contributed by atoms with E-state index in [1.807, 2.05) is 66.3 Å². The van der Waals surface area contributed by atoms with Crippen molar-refractivity contribution < 1.29 is 4.79 Å². The van der Waals surface area contributed by atoms with Gasteiger partial charge < -0.3 is 4.57 Å². The molecule has 0 radical (unpaired) electrons. The minimum Gasteiger partial charge on any atom is -0.350 e. The second-order valence-corrected chi connectivity index (χ2v) is 5.43. The van der Waals surface area contributed by atoms with E-state index in [1.165, 1.54) is 0 Å². The Morgan fingerprint density at radius 2 is 1.89 bits per heavy atom. The van der Waals surface area contributed by atoms with Crippen LogP contribution in [-0.4, -0.2) is 10.4 Å². The third-order valence-electron chi connectivity index (χ3n) is 3.23. The Hall–Kier alpha value is -1.87. The molecule has 94 valence electrons. The fourth-order valence-corrected chi connectivity index (χ4v) is 2.71. The van der Waals surface area contributed by atoms with Gasteiger partial charge in [-0.3, -0.25) is 4.79 Å². The number of ketones is 1. The summed E-state index contributed by atoms with van der Waals surface area (Å²) in [5, 5.41) is 0.995. The molecule has 0 aliphatic carbocycles. The number of nitrogens with zero attached hydrogens (tertiary/aromatic N) is 1. The zero-order valence-corrected chi connectivity index (χ0v) is 12.0. The maximum Gasteiger partial charge on any atom is 0.195 e. The van der Waals surface area contributed by atoms with Crippen molar-refractivity contribution in [1.82, 2.24) is 4.57 Å². The first-order valence-electron chi connectivity index (χ1n) is 6.01. The van der Waals surface area contributed by atoms with E-state index >= 15 is 0 Å². The Morgan fingerprint density at radius 3 is 2.68 bits per heavy atom.